The van der Waals surface area contributed by atoms with Gasteiger partial charge in [0.05, 0.1) is 4.34 Å². The van der Waals surface area contributed by atoms with Crippen LogP contribution in [0.4, 0.5) is 0 Å². The molecule has 0 N–H and O–H groups in total. The molecule has 0 spiro atoms. The van der Waals surface area contributed by atoms with Gasteiger partial charge in [0.15, 0.2) is 5.78 Å². The molecule has 2 aromatic rings. The molecule has 1 aliphatic rings. The average molecular weight is 279 g/mol. The fourth-order valence-corrected chi connectivity index (χ4v) is 3.17. The standard InChI is InChI=1S/C14H11ClO2S/c15-14-7-4-9(18-14)8-17-13-3-1-2-10-11(13)5-6-12(10)16/h1-4,7H,5-6,8H2. The zero-order valence-electron chi connectivity index (χ0n) is 9.61. The smallest absolute Gasteiger partial charge is 0.163 e. The van der Waals surface area contributed by atoms with Crippen molar-refractivity contribution in [2.75, 3.05) is 0 Å². The molecule has 1 heterocycles. The van der Waals surface area contributed by atoms with Crippen molar-refractivity contribution in [3.05, 3.63) is 50.7 Å². The highest BCUT2D eigenvalue weighted by Crippen LogP contribution is 2.31. The van der Waals surface area contributed by atoms with E-state index in [-0.39, 0.29) is 5.78 Å². The Morgan fingerprint density at radius 3 is 2.89 bits per heavy atom. The molecule has 0 saturated heterocycles. The highest BCUT2D eigenvalue weighted by molar-refractivity contribution is 7.16. The highest BCUT2D eigenvalue weighted by atomic mass is 35.5. The van der Waals surface area contributed by atoms with E-state index in [1.807, 2.05) is 30.3 Å². The first kappa shape index (κ1) is 11.8. The molecule has 0 unspecified atom stereocenters. The Hall–Kier alpha value is -1.32. The number of rotatable bonds is 3. The number of benzene rings is 1. The van der Waals surface area contributed by atoms with Gasteiger partial charge in [-0.05, 0) is 24.6 Å². The first-order chi connectivity index (χ1) is 8.74. The minimum Gasteiger partial charge on any atom is -0.488 e. The zero-order valence-corrected chi connectivity index (χ0v) is 11.2. The molecule has 1 aromatic carbocycles. The molecular formula is C14H11ClO2S. The van der Waals surface area contributed by atoms with E-state index < -0.39 is 0 Å². The van der Waals surface area contributed by atoms with Crippen molar-refractivity contribution in [2.24, 2.45) is 0 Å². The lowest BCUT2D eigenvalue weighted by atomic mass is 10.1. The van der Waals surface area contributed by atoms with Crippen LogP contribution in [0.15, 0.2) is 30.3 Å². The van der Waals surface area contributed by atoms with Crippen LogP contribution >= 0.6 is 22.9 Å². The Labute approximate surface area is 114 Å². The van der Waals surface area contributed by atoms with E-state index in [9.17, 15) is 4.79 Å². The van der Waals surface area contributed by atoms with Crippen LogP contribution in [0.3, 0.4) is 0 Å². The van der Waals surface area contributed by atoms with Crippen LogP contribution in [-0.4, -0.2) is 5.78 Å². The van der Waals surface area contributed by atoms with Crippen LogP contribution in [0.5, 0.6) is 5.75 Å². The second-order valence-corrected chi connectivity index (χ2v) is 6.00. The Morgan fingerprint density at radius 1 is 1.22 bits per heavy atom. The van der Waals surface area contributed by atoms with Gasteiger partial charge in [-0.2, -0.15) is 0 Å². The molecule has 0 atom stereocenters. The number of hydrogen-bond donors (Lipinski definition) is 0. The minimum absolute atomic E-state index is 0.217. The van der Waals surface area contributed by atoms with E-state index in [2.05, 4.69) is 0 Å². The van der Waals surface area contributed by atoms with Gasteiger partial charge in [0.25, 0.3) is 0 Å². The number of ketones is 1. The highest BCUT2D eigenvalue weighted by Gasteiger charge is 2.22. The number of ether oxygens (including phenoxy) is 1. The van der Waals surface area contributed by atoms with Gasteiger partial charge in [0.2, 0.25) is 0 Å². The summed E-state index contributed by atoms with van der Waals surface area (Å²) in [5.41, 5.74) is 1.86. The Kier molecular flexibility index (Phi) is 3.10. The predicted molar refractivity (Wildman–Crippen MR) is 72.8 cm³/mol. The molecule has 3 rings (SSSR count). The summed E-state index contributed by atoms with van der Waals surface area (Å²) in [6.45, 7) is 0.502. The van der Waals surface area contributed by atoms with Crippen LogP contribution < -0.4 is 4.74 Å². The molecule has 0 aliphatic heterocycles. The maximum absolute atomic E-state index is 11.6. The molecule has 0 fully saturated rings. The largest absolute Gasteiger partial charge is 0.488 e. The Balaban J connectivity index is 1.80. The zero-order chi connectivity index (χ0) is 12.5. The summed E-state index contributed by atoms with van der Waals surface area (Å²) in [5.74, 6) is 1.04. The number of Topliss-reactive ketones (excluding diaryl/α,β-unsaturated/α-hetero) is 1. The molecule has 0 saturated carbocycles. The molecule has 0 bridgehead atoms. The van der Waals surface area contributed by atoms with Crippen molar-refractivity contribution in [1.82, 2.24) is 0 Å². The number of halogens is 1. The minimum atomic E-state index is 0.217. The third-order valence-electron chi connectivity index (χ3n) is 3.03. The van der Waals surface area contributed by atoms with Gasteiger partial charge in [-0.15, -0.1) is 11.3 Å². The van der Waals surface area contributed by atoms with Gasteiger partial charge in [0.1, 0.15) is 12.4 Å². The van der Waals surface area contributed by atoms with Crippen LogP contribution in [0.2, 0.25) is 4.34 Å². The molecule has 2 nitrogen and oxygen atoms in total. The van der Waals surface area contributed by atoms with Crippen LogP contribution in [0.1, 0.15) is 27.2 Å². The third kappa shape index (κ3) is 2.16. The first-order valence-electron chi connectivity index (χ1n) is 5.76. The van der Waals surface area contributed by atoms with E-state index in [0.717, 1.165) is 32.5 Å². The number of thiophene rings is 1. The molecule has 0 amide bonds. The summed E-state index contributed by atoms with van der Waals surface area (Å²) in [4.78, 5) is 12.7. The number of carbonyl (C=O) groups excluding carboxylic acids is 1. The van der Waals surface area contributed by atoms with Gasteiger partial charge < -0.3 is 4.74 Å². The van der Waals surface area contributed by atoms with Crippen LogP contribution in [0, 0.1) is 0 Å². The number of fused-ring (bicyclic) bond motifs is 1. The fourth-order valence-electron chi connectivity index (χ4n) is 2.17. The van der Waals surface area contributed by atoms with Gasteiger partial charge in [-0.3, -0.25) is 4.79 Å². The van der Waals surface area contributed by atoms with Crippen molar-refractivity contribution < 1.29 is 9.53 Å². The topological polar surface area (TPSA) is 26.3 Å². The van der Waals surface area contributed by atoms with E-state index >= 15 is 0 Å². The van der Waals surface area contributed by atoms with Gasteiger partial charge >= 0.3 is 0 Å². The first-order valence-corrected chi connectivity index (χ1v) is 6.95. The SMILES string of the molecule is O=C1CCc2c(OCc3ccc(Cl)s3)cccc21. The second-order valence-electron chi connectivity index (χ2n) is 4.20. The summed E-state index contributed by atoms with van der Waals surface area (Å²) < 4.78 is 6.56. The van der Waals surface area contributed by atoms with Gasteiger partial charge in [-0.1, -0.05) is 23.7 Å². The van der Waals surface area contributed by atoms with Crippen molar-refractivity contribution in [3.63, 3.8) is 0 Å². The predicted octanol–water partition coefficient (Wildman–Crippen LogP) is 4.11. The molecule has 1 aromatic heterocycles. The monoisotopic (exact) mass is 278 g/mol. The van der Waals surface area contributed by atoms with Crippen molar-refractivity contribution >= 4 is 28.7 Å². The van der Waals surface area contributed by atoms with Crippen molar-refractivity contribution in [2.45, 2.75) is 19.4 Å². The maximum Gasteiger partial charge on any atom is 0.163 e. The lowest BCUT2D eigenvalue weighted by Gasteiger charge is -2.09. The van der Waals surface area contributed by atoms with Crippen LogP contribution in [-0.2, 0) is 13.0 Å². The van der Waals surface area contributed by atoms with E-state index in [0.29, 0.717) is 13.0 Å². The molecular weight excluding hydrogens is 268 g/mol. The number of hydrogen-bond acceptors (Lipinski definition) is 3. The quantitative estimate of drug-likeness (QED) is 0.844. The summed E-state index contributed by atoms with van der Waals surface area (Å²) in [6.07, 6.45) is 1.38. The lowest BCUT2D eigenvalue weighted by Crippen LogP contribution is -1.97. The Morgan fingerprint density at radius 2 is 2.11 bits per heavy atom. The summed E-state index contributed by atoms with van der Waals surface area (Å²) in [6, 6.07) is 9.50. The fraction of sp³-hybridized carbons (Fsp3) is 0.214. The maximum atomic E-state index is 11.6. The van der Waals surface area contributed by atoms with Gasteiger partial charge in [0, 0.05) is 22.4 Å². The van der Waals surface area contributed by atoms with Crippen molar-refractivity contribution in [1.29, 1.82) is 0 Å². The van der Waals surface area contributed by atoms with Gasteiger partial charge in [-0.25, -0.2) is 0 Å². The average Bonchev–Trinajstić information content (AvgIpc) is 2.94. The summed E-state index contributed by atoms with van der Waals surface area (Å²) in [5, 5.41) is 0. The van der Waals surface area contributed by atoms with Crippen LogP contribution in [0.25, 0.3) is 0 Å². The number of carbonyl (C=O) groups is 1. The third-order valence-corrected chi connectivity index (χ3v) is 4.24. The molecule has 92 valence electrons. The summed E-state index contributed by atoms with van der Waals surface area (Å²) in [7, 11) is 0. The van der Waals surface area contributed by atoms with E-state index in [1.54, 1.807) is 0 Å². The molecule has 4 heteroatoms. The second kappa shape index (κ2) is 4.75. The van der Waals surface area contributed by atoms with E-state index in [1.165, 1.54) is 11.3 Å². The van der Waals surface area contributed by atoms with E-state index in [4.69, 9.17) is 16.3 Å². The Bertz CT molecular complexity index is 604. The summed E-state index contributed by atoms with van der Waals surface area (Å²) >= 11 is 7.39. The molecule has 18 heavy (non-hydrogen) atoms. The molecule has 1 aliphatic carbocycles. The molecule has 0 radical (unpaired) electrons. The van der Waals surface area contributed by atoms with Crippen molar-refractivity contribution in [3.8, 4) is 5.75 Å². The lowest BCUT2D eigenvalue weighted by molar-refractivity contribution is 0.0994. The normalized spacial score (nSPS) is 13.7.